The van der Waals surface area contributed by atoms with Crippen molar-refractivity contribution in [3.8, 4) is 0 Å². The van der Waals surface area contributed by atoms with Gasteiger partial charge in [0.05, 0.1) is 0 Å². The van der Waals surface area contributed by atoms with E-state index in [2.05, 4.69) is 36.5 Å². The second-order valence-corrected chi connectivity index (χ2v) is 4.41. The van der Waals surface area contributed by atoms with Crippen LogP contribution in [0.2, 0.25) is 0 Å². The molecule has 0 aromatic heterocycles. The average molecular weight is 205 g/mol. The van der Waals surface area contributed by atoms with Gasteiger partial charge in [-0.05, 0) is 30.5 Å². The fourth-order valence-electron chi connectivity index (χ4n) is 2.20. The smallest absolute Gasteiger partial charge is 0.103 e. The van der Waals surface area contributed by atoms with Gasteiger partial charge >= 0.3 is 0 Å². The topological polar surface area (TPSA) is 32.3 Å². The molecule has 0 amide bonds. The molecule has 1 unspecified atom stereocenters. The van der Waals surface area contributed by atoms with Crippen LogP contribution in [0.25, 0.3) is 0 Å². The van der Waals surface area contributed by atoms with E-state index in [1.807, 2.05) is 0 Å². The van der Waals surface area contributed by atoms with Gasteiger partial charge in [0.25, 0.3) is 0 Å². The van der Waals surface area contributed by atoms with Crippen LogP contribution in [0.1, 0.15) is 30.9 Å². The van der Waals surface area contributed by atoms with Gasteiger partial charge in [0.15, 0.2) is 0 Å². The van der Waals surface area contributed by atoms with Crippen molar-refractivity contribution in [2.24, 2.45) is 0 Å². The minimum atomic E-state index is -0.634. The van der Waals surface area contributed by atoms with E-state index in [0.29, 0.717) is 6.54 Å². The van der Waals surface area contributed by atoms with Crippen LogP contribution in [0.4, 0.5) is 0 Å². The Bertz CT molecular complexity index is 312. The number of hydrogen-bond donors (Lipinski definition) is 2. The fraction of sp³-hybridized carbons (Fsp3) is 0.538. The first-order valence-electron chi connectivity index (χ1n) is 5.77. The predicted molar refractivity (Wildman–Crippen MR) is 61.8 cm³/mol. The molecule has 2 nitrogen and oxygen atoms in total. The van der Waals surface area contributed by atoms with Gasteiger partial charge in [-0.1, -0.05) is 37.6 Å². The van der Waals surface area contributed by atoms with Crippen molar-refractivity contribution < 1.29 is 5.11 Å². The van der Waals surface area contributed by atoms with E-state index >= 15 is 0 Å². The number of aryl methyl sites for hydroxylation is 1. The fourth-order valence-corrected chi connectivity index (χ4v) is 2.20. The average Bonchev–Trinajstić information content (AvgIpc) is 2.68. The van der Waals surface area contributed by atoms with E-state index in [-0.39, 0.29) is 0 Å². The Hall–Kier alpha value is -0.860. The molecular weight excluding hydrogens is 186 g/mol. The summed E-state index contributed by atoms with van der Waals surface area (Å²) in [6.07, 6.45) is 3.11. The summed E-state index contributed by atoms with van der Waals surface area (Å²) < 4.78 is 0. The van der Waals surface area contributed by atoms with Gasteiger partial charge < -0.3 is 10.4 Å². The lowest BCUT2D eigenvalue weighted by atomic mass is 9.92. The first-order chi connectivity index (χ1) is 7.24. The molecule has 2 N–H and O–H groups in total. The number of benzene rings is 1. The van der Waals surface area contributed by atoms with E-state index in [4.69, 9.17) is 0 Å². The molecule has 1 aliphatic rings. The predicted octanol–water partition coefficient (Wildman–Crippen LogP) is 1.82. The van der Waals surface area contributed by atoms with Gasteiger partial charge in [-0.3, -0.25) is 0 Å². The minimum Gasteiger partial charge on any atom is -0.384 e. The highest BCUT2D eigenvalue weighted by atomic mass is 16.3. The normalized spacial score (nSPS) is 25.7. The summed E-state index contributed by atoms with van der Waals surface area (Å²) in [6.45, 7) is 3.77. The first-order valence-corrected chi connectivity index (χ1v) is 5.77. The lowest BCUT2D eigenvalue weighted by Crippen LogP contribution is -2.28. The maximum atomic E-state index is 10.3. The quantitative estimate of drug-likeness (QED) is 0.789. The molecule has 1 aliphatic heterocycles. The molecule has 0 radical (unpaired) electrons. The van der Waals surface area contributed by atoms with Crippen molar-refractivity contribution in [3.63, 3.8) is 0 Å². The van der Waals surface area contributed by atoms with Crippen molar-refractivity contribution in [2.45, 2.75) is 31.8 Å². The summed E-state index contributed by atoms with van der Waals surface area (Å²) in [5.41, 5.74) is 1.77. The number of hydrogen-bond acceptors (Lipinski definition) is 2. The summed E-state index contributed by atoms with van der Waals surface area (Å²) in [5, 5.41) is 13.5. The Morgan fingerprint density at radius 2 is 2.07 bits per heavy atom. The Kier molecular flexibility index (Phi) is 3.08. The molecule has 0 spiro atoms. The van der Waals surface area contributed by atoms with Crippen LogP contribution in [0.5, 0.6) is 0 Å². The third kappa shape index (κ3) is 2.21. The van der Waals surface area contributed by atoms with Crippen molar-refractivity contribution >= 4 is 0 Å². The van der Waals surface area contributed by atoms with Crippen molar-refractivity contribution in [1.82, 2.24) is 5.32 Å². The zero-order valence-corrected chi connectivity index (χ0v) is 9.29. The monoisotopic (exact) mass is 205 g/mol. The molecule has 1 fully saturated rings. The van der Waals surface area contributed by atoms with E-state index < -0.39 is 5.60 Å². The second kappa shape index (κ2) is 4.33. The van der Waals surface area contributed by atoms with E-state index in [1.165, 1.54) is 12.0 Å². The summed E-state index contributed by atoms with van der Waals surface area (Å²) in [5.74, 6) is 0. The SMILES string of the molecule is CCCc1ccc(C2(O)CCNC2)cc1. The molecule has 0 aliphatic carbocycles. The third-order valence-corrected chi connectivity index (χ3v) is 3.16. The maximum Gasteiger partial charge on any atom is 0.103 e. The largest absolute Gasteiger partial charge is 0.384 e. The Morgan fingerprint density at radius 3 is 2.60 bits per heavy atom. The number of aliphatic hydroxyl groups is 1. The molecule has 1 saturated heterocycles. The number of nitrogens with one attached hydrogen (secondary N) is 1. The molecule has 0 bridgehead atoms. The number of rotatable bonds is 3. The van der Waals surface area contributed by atoms with Crippen LogP contribution in [0, 0.1) is 0 Å². The van der Waals surface area contributed by atoms with Crippen LogP contribution in [0.15, 0.2) is 24.3 Å². The molecule has 2 rings (SSSR count). The summed E-state index contributed by atoms with van der Waals surface area (Å²) in [6, 6.07) is 8.40. The molecule has 1 aromatic rings. The van der Waals surface area contributed by atoms with Crippen LogP contribution in [-0.2, 0) is 12.0 Å². The second-order valence-electron chi connectivity index (χ2n) is 4.41. The first kappa shape index (κ1) is 10.7. The van der Waals surface area contributed by atoms with Crippen molar-refractivity contribution in [2.75, 3.05) is 13.1 Å². The summed E-state index contributed by atoms with van der Waals surface area (Å²) in [7, 11) is 0. The minimum absolute atomic E-state index is 0.634. The molecule has 1 heterocycles. The van der Waals surface area contributed by atoms with Gasteiger partial charge in [0.2, 0.25) is 0 Å². The molecular formula is C13H19NO. The Labute approximate surface area is 91.3 Å². The molecule has 1 aromatic carbocycles. The van der Waals surface area contributed by atoms with Crippen LogP contribution in [0.3, 0.4) is 0 Å². The lowest BCUT2D eigenvalue weighted by molar-refractivity contribution is 0.0587. The maximum absolute atomic E-state index is 10.3. The third-order valence-electron chi connectivity index (χ3n) is 3.16. The molecule has 15 heavy (non-hydrogen) atoms. The van der Waals surface area contributed by atoms with Gasteiger partial charge in [-0.15, -0.1) is 0 Å². The van der Waals surface area contributed by atoms with E-state index in [9.17, 15) is 5.11 Å². The Balaban J connectivity index is 2.15. The molecule has 2 heteroatoms. The van der Waals surface area contributed by atoms with Crippen LogP contribution >= 0.6 is 0 Å². The standard InChI is InChI=1S/C13H19NO/c1-2-3-11-4-6-12(7-5-11)13(15)8-9-14-10-13/h4-7,14-15H,2-3,8-10H2,1H3. The van der Waals surface area contributed by atoms with Crippen molar-refractivity contribution in [1.29, 1.82) is 0 Å². The highest BCUT2D eigenvalue weighted by molar-refractivity contribution is 5.28. The molecule has 1 atom stereocenters. The zero-order chi connectivity index (χ0) is 10.7. The van der Waals surface area contributed by atoms with E-state index in [1.54, 1.807) is 0 Å². The summed E-state index contributed by atoms with van der Waals surface area (Å²) in [4.78, 5) is 0. The van der Waals surface area contributed by atoms with Gasteiger partial charge in [0, 0.05) is 6.54 Å². The molecule has 0 saturated carbocycles. The highest BCUT2D eigenvalue weighted by Crippen LogP contribution is 2.27. The van der Waals surface area contributed by atoms with Crippen molar-refractivity contribution in [3.05, 3.63) is 35.4 Å². The van der Waals surface area contributed by atoms with Gasteiger partial charge in [0.1, 0.15) is 5.60 Å². The van der Waals surface area contributed by atoms with Crippen LogP contribution in [-0.4, -0.2) is 18.2 Å². The van der Waals surface area contributed by atoms with Crippen LogP contribution < -0.4 is 5.32 Å². The summed E-state index contributed by atoms with van der Waals surface area (Å²) >= 11 is 0. The lowest BCUT2D eigenvalue weighted by Gasteiger charge is -2.21. The highest BCUT2D eigenvalue weighted by Gasteiger charge is 2.32. The van der Waals surface area contributed by atoms with E-state index in [0.717, 1.165) is 24.9 Å². The Morgan fingerprint density at radius 1 is 1.33 bits per heavy atom. The molecule has 82 valence electrons. The zero-order valence-electron chi connectivity index (χ0n) is 9.29. The van der Waals surface area contributed by atoms with Gasteiger partial charge in [-0.2, -0.15) is 0 Å². The van der Waals surface area contributed by atoms with Gasteiger partial charge in [-0.25, -0.2) is 0 Å². The number of β-amino-alcohol motifs (C(OH)–C–C–N with tert-alkyl or cyclic N) is 1.